The van der Waals surface area contributed by atoms with Crippen LogP contribution in [-0.4, -0.2) is 183 Å². The third kappa shape index (κ3) is 22.2. The second-order valence-corrected chi connectivity index (χ2v) is 25.6. The van der Waals surface area contributed by atoms with Gasteiger partial charge >= 0.3 is 24.1 Å². The van der Waals surface area contributed by atoms with Crippen LogP contribution < -0.4 is 53.8 Å². The predicted octanol–water partition coefficient (Wildman–Crippen LogP) is 2.84. The van der Waals surface area contributed by atoms with Gasteiger partial charge in [0, 0.05) is 60.6 Å². The van der Waals surface area contributed by atoms with Gasteiger partial charge in [-0.25, -0.2) is 23.8 Å². The summed E-state index contributed by atoms with van der Waals surface area (Å²) in [4.78, 5) is 148. The molecule has 4 heterocycles. The number of carbonyl (C=O) groups excluding carboxylic acids is 9. The van der Waals surface area contributed by atoms with Crippen molar-refractivity contribution in [2.45, 2.75) is 167 Å². The zero-order valence-electron chi connectivity index (χ0n) is 58.3. The molecule has 1 unspecified atom stereocenters. The number of fused-ring (bicyclic) bond motifs is 5. The van der Waals surface area contributed by atoms with Gasteiger partial charge in [-0.2, -0.15) is 0 Å². The fourth-order valence-corrected chi connectivity index (χ4v) is 12.4. The van der Waals surface area contributed by atoms with Gasteiger partial charge in [-0.3, -0.25) is 38.4 Å². The summed E-state index contributed by atoms with van der Waals surface area (Å²) in [7, 11) is 0. The number of ether oxygens (including phenoxy) is 7. The predicted molar refractivity (Wildman–Crippen MR) is 368 cm³/mol. The van der Waals surface area contributed by atoms with E-state index in [0.29, 0.717) is 83.8 Å². The molecule has 2 aliphatic carbocycles. The summed E-state index contributed by atoms with van der Waals surface area (Å²) in [5.41, 5.74) is 6.91. The lowest BCUT2D eigenvalue weighted by molar-refractivity contribution is -0.172. The lowest BCUT2D eigenvalue weighted by atomic mass is 9.81. The number of hydrogen-bond donors (Lipinski definition) is 11. The van der Waals surface area contributed by atoms with Crippen LogP contribution in [0.5, 0.6) is 0 Å². The van der Waals surface area contributed by atoms with Crippen molar-refractivity contribution in [1.29, 1.82) is 0 Å². The van der Waals surface area contributed by atoms with Crippen molar-refractivity contribution in [2.75, 3.05) is 84.4 Å². The van der Waals surface area contributed by atoms with E-state index in [-0.39, 0.29) is 132 Å². The Morgan fingerprint density at radius 2 is 1.50 bits per heavy atom. The number of carbonyl (C=O) groups is 10. The monoisotopic (exact) mass is 1440 g/mol. The Morgan fingerprint density at radius 1 is 0.786 bits per heavy atom. The van der Waals surface area contributed by atoms with Gasteiger partial charge in [0.2, 0.25) is 35.4 Å². The number of benzene rings is 2. The van der Waals surface area contributed by atoms with Crippen LogP contribution in [0.1, 0.15) is 143 Å². The fourth-order valence-electron chi connectivity index (χ4n) is 12.4. The average Bonchev–Trinajstić information content (AvgIpc) is 1.61. The summed E-state index contributed by atoms with van der Waals surface area (Å²) < 4.78 is 55.2. The molecule has 12 N–H and O–H groups in total. The van der Waals surface area contributed by atoms with E-state index in [1.807, 2.05) is 0 Å². The van der Waals surface area contributed by atoms with Gasteiger partial charge in [-0.15, -0.1) is 5.92 Å². The van der Waals surface area contributed by atoms with Crippen LogP contribution in [-0.2, 0) is 103 Å². The Bertz CT molecular complexity index is 3880. The molecule has 32 heteroatoms. The smallest absolute Gasteiger partial charge is 0.407 e. The quantitative estimate of drug-likeness (QED) is 0.0153. The summed E-state index contributed by atoms with van der Waals surface area (Å²) in [5, 5.41) is 42.7. The maximum Gasteiger partial charge on any atom is 0.407 e. The van der Waals surface area contributed by atoms with Crippen molar-refractivity contribution < 1.29 is 95.7 Å². The molecule has 0 spiro atoms. The number of urea groups is 1. The van der Waals surface area contributed by atoms with E-state index < -0.39 is 114 Å². The molecule has 4 aromatic rings. The summed E-state index contributed by atoms with van der Waals surface area (Å²) in [6, 6.07) is 3.55. The number of cyclic esters (lactones) is 1. The highest BCUT2D eigenvalue weighted by Gasteiger charge is 2.46. The average molecular weight is 1440 g/mol. The Labute approximate surface area is 594 Å². The van der Waals surface area contributed by atoms with E-state index in [4.69, 9.17) is 43.9 Å². The lowest BCUT2D eigenvalue weighted by Crippen LogP contribution is -2.58. The number of carboxylic acids is 1. The van der Waals surface area contributed by atoms with Crippen molar-refractivity contribution in [3.63, 3.8) is 0 Å². The summed E-state index contributed by atoms with van der Waals surface area (Å²) in [6.45, 7) is 7.43. The number of anilines is 1. The molecule has 4 aliphatic rings. The van der Waals surface area contributed by atoms with Gasteiger partial charge < -0.3 is 96.2 Å². The first-order chi connectivity index (χ1) is 49.4. The van der Waals surface area contributed by atoms with Gasteiger partial charge in [0.1, 0.15) is 56.4 Å². The van der Waals surface area contributed by atoms with E-state index in [1.165, 1.54) is 22.8 Å². The van der Waals surface area contributed by atoms with E-state index in [1.54, 1.807) is 45.9 Å². The first kappa shape index (κ1) is 79.1. The first-order valence-electron chi connectivity index (χ1n) is 34.7. The number of hydrogen-bond acceptors (Lipinski definition) is 20. The number of aliphatic carboxylic acids is 1. The molecule has 0 saturated heterocycles. The van der Waals surface area contributed by atoms with Crippen molar-refractivity contribution in [3.05, 3.63) is 91.5 Å². The van der Waals surface area contributed by atoms with Gasteiger partial charge in [-0.05, 0) is 111 Å². The number of aliphatic hydroxyl groups is 1. The number of carboxylic acid groups (broad SMARTS) is 1. The molecule has 0 saturated carbocycles. The standard InChI is InChI=1S/C71H92FN11O20/c1-5-71(96)49-34-55-63-47(37-83(55)67(92)48(49)39-102-68(71)93)61-51(20-19-46-42(4)50(72)35-54(80-63)60(46)61)78-57(85)36-76-70(95)103-38-43-15-17-44(18-16-43)77-64(89)52(14-11-24-75-69(73)94)81-66(91)62(41(2)3)82-65(90)53(21-22-59(87)88)79-56(84)23-26-97-28-30-99-32-33-100-31-29-98-27-25-74-58(86)40-101-45-12-9-7-6-8-10-13-45/h15-18,34-35,41,45,51-53,62,96H,5-9,11-12,14,19-33,36-40H2,1-4H3,(H,74,86)(H,76,95)(H,77,89)(H,78,85)(H,79,84)(H,81,91)(H,82,90)(H,87,88)(H3,73,75,94)/t45?,51-,52-,53-,62-,71-/m0/s1. The van der Waals surface area contributed by atoms with E-state index >= 15 is 4.39 Å². The number of alkyl carbamates (subject to hydrolysis) is 1. The molecule has 0 radical (unpaired) electrons. The van der Waals surface area contributed by atoms with Crippen LogP contribution >= 0.6 is 0 Å². The number of esters is 1. The molecule has 558 valence electrons. The number of halogens is 1. The molecule has 2 aliphatic heterocycles. The number of aryl methyl sites for hydroxylation is 1. The van der Waals surface area contributed by atoms with Crippen LogP contribution in [0.4, 0.5) is 19.7 Å². The van der Waals surface area contributed by atoms with Crippen LogP contribution in [0.3, 0.4) is 0 Å². The molecule has 9 amide bonds. The molecular weight excluding hydrogens is 1350 g/mol. The summed E-state index contributed by atoms with van der Waals surface area (Å²) >= 11 is 0. The van der Waals surface area contributed by atoms with Gasteiger partial charge in [0.05, 0.1) is 87.9 Å². The molecule has 6 atom stereocenters. The van der Waals surface area contributed by atoms with Crippen LogP contribution in [0.15, 0.2) is 41.2 Å². The topological polar surface area (TPSA) is 433 Å². The van der Waals surface area contributed by atoms with Crippen molar-refractivity contribution in [1.82, 2.24) is 46.8 Å². The summed E-state index contributed by atoms with van der Waals surface area (Å²) in [5.74, 6) is -0.847. The summed E-state index contributed by atoms with van der Waals surface area (Å²) in [6.07, 6.45) is 3.48. The van der Waals surface area contributed by atoms with Crippen LogP contribution in [0.25, 0.3) is 22.3 Å². The SMILES string of the molecule is CC[C@@]1(O)C(=O)OCc2c1cc1n(c2=O)Cc2c-1nc1cc(F)c(C)c3c1c2[C@@H](NC(=O)CNC(=O)OCc1ccc(NC(=O)[C@H](CCCNC(N)=O)NC(=O)[C@@H](NC(=O)[C@H](CCC(=O)O)NC(=O)CCOCCOCCOCCOCCNC(=O)COC2C#CCCCCC2)C(C)C)cc1)CC3. The molecular formula is C71H92FN11O20. The van der Waals surface area contributed by atoms with Gasteiger partial charge in [0.15, 0.2) is 5.60 Å². The van der Waals surface area contributed by atoms with E-state index in [9.17, 15) is 63.0 Å². The van der Waals surface area contributed by atoms with Gasteiger partial charge in [-0.1, -0.05) is 45.2 Å². The molecule has 0 bridgehead atoms. The number of rotatable bonds is 39. The second-order valence-electron chi connectivity index (χ2n) is 25.6. The first-order valence-corrected chi connectivity index (χ1v) is 34.7. The molecule has 103 heavy (non-hydrogen) atoms. The van der Waals surface area contributed by atoms with Crippen LogP contribution in [0, 0.1) is 30.5 Å². The highest BCUT2D eigenvalue weighted by molar-refractivity contribution is 5.99. The third-order valence-corrected chi connectivity index (χ3v) is 17.9. The number of pyridine rings is 2. The van der Waals surface area contributed by atoms with Gasteiger partial charge in [0.25, 0.3) is 5.56 Å². The number of nitrogens with two attached hydrogens (primary N) is 1. The Balaban J connectivity index is 0.758. The zero-order chi connectivity index (χ0) is 74.2. The highest BCUT2D eigenvalue weighted by atomic mass is 19.1. The number of primary amides is 1. The van der Waals surface area contributed by atoms with Crippen molar-refractivity contribution >= 4 is 76.1 Å². The molecule has 0 fully saturated rings. The normalized spacial score (nSPS) is 17.2. The van der Waals surface area contributed by atoms with Crippen molar-refractivity contribution in [3.8, 4) is 23.2 Å². The van der Waals surface area contributed by atoms with E-state index in [0.717, 1.165) is 32.1 Å². The minimum atomic E-state index is -2.08. The maximum absolute atomic E-state index is 15.5. The molecule has 2 aromatic heterocycles. The highest BCUT2D eigenvalue weighted by Crippen LogP contribution is 2.46. The Kier molecular flexibility index (Phi) is 29.6. The Hall–Kier alpha value is -9.65. The lowest BCUT2D eigenvalue weighted by Gasteiger charge is -2.31. The van der Waals surface area contributed by atoms with Crippen LogP contribution in [0.2, 0.25) is 0 Å². The number of nitrogens with one attached hydrogen (secondary N) is 8. The molecule has 8 rings (SSSR count). The minimum absolute atomic E-state index is 0.0254. The third-order valence-electron chi connectivity index (χ3n) is 17.9. The number of aromatic nitrogens is 2. The Morgan fingerprint density at radius 3 is 2.19 bits per heavy atom. The second kappa shape index (κ2) is 38.6. The fraction of sp³-hybridized carbons (Fsp3) is 0.549. The maximum atomic E-state index is 15.5. The van der Waals surface area contributed by atoms with Crippen molar-refractivity contribution in [2.24, 2.45) is 11.7 Å². The van der Waals surface area contributed by atoms with E-state index in [2.05, 4.69) is 54.4 Å². The number of amides is 9. The minimum Gasteiger partial charge on any atom is -0.481 e. The number of nitrogens with zero attached hydrogens (tertiary/aromatic N) is 2. The molecule has 2 aromatic carbocycles. The molecule has 31 nitrogen and oxygen atoms in total. The largest absolute Gasteiger partial charge is 0.481 e. The zero-order valence-corrected chi connectivity index (χ0v) is 58.3.